The lowest BCUT2D eigenvalue weighted by Crippen LogP contribution is -2.15. The lowest BCUT2D eigenvalue weighted by molar-refractivity contribution is 0.0692. The predicted octanol–water partition coefficient (Wildman–Crippen LogP) is 0.787. The molecule has 3 heterocycles. The average Bonchev–Trinajstić information content (AvgIpc) is 3.08. The third-order valence-corrected chi connectivity index (χ3v) is 3.18. The fourth-order valence-electron chi connectivity index (χ4n) is 2.16. The highest BCUT2D eigenvalue weighted by Crippen LogP contribution is 2.25. The standard InChI is InChI=1S/C11H13N5O3/c17-11(18)8-7(12-5-13-8)10-14-9(15-16-10)6-1-3-19-4-2-6/h5-6H,1-4H2,(H,12,13)(H,17,18)(H,14,15,16). The number of nitrogens with zero attached hydrogens (tertiary/aromatic N) is 3. The first-order chi connectivity index (χ1) is 9.25. The number of nitrogens with one attached hydrogen (secondary N) is 2. The van der Waals surface area contributed by atoms with E-state index < -0.39 is 5.97 Å². The van der Waals surface area contributed by atoms with Crippen LogP contribution in [-0.4, -0.2) is 49.4 Å². The highest BCUT2D eigenvalue weighted by Gasteiger charge is 2.23. The Hall–Kier alpha value is -2.22. The zero-order chi connectivity index (χ0) is 13.2. The smallest absolute Gasteiger partial charge is 0.354 e. The van der Waals surface area contributed by atoms with E-state index >= 15 is 0 Å². The van der Waals surface area contributed by atoms with E-state index in [2.05, 4.69) is 25.1 Å². The van der Waals surface area contributed by atoms with Crippen molar-refractivity contribution in [1.29, 1.82) is 0 Å². The molecule has 1 fully saturated rings. The molecule has 1 saturated heterocycles. The molecule has 0 unspecified atom stereocenters. The molecule has 1 aliphatic heterocycles. The van der Waals surface area contributed by atoms with E-state index in [1.54, 1.807) is 0 Å². The number of hydrogen-bond donors (Lipinski definition) is 3. The van der Waals surface area contributed by atoms with Crippen molar-refractivity contribution in [3.8, 4) is 11.5 Å². The average molecular weight is 263 g/mol. The first-order valence-corrected chi connectivity index (χ1v) is 6.03. The minimum absolute atomic E-state index is 0.00229. The maximum Gasteiger partial charge on any atom is 0.354 e. The molecule has 8 heteroatoms. The molecular formula is C11H13N5O3. The second-order valence-electron chi connectivity index (χ2n) is 4.36. The van der Waals surface area contributed by atoms with E-state index in [9.17, 15) is 4.79 Å². The molecule has 0 bridgehead atoms. The van der Waals surface area contributed by atoms with Gasteiger partial charge >= 0.3 is 5.97 Å². The van der Waals surface area contributed by atoms with Crippen LogP contribution < -0.4 is 0 Å². The van der Waals surface area contributed by atoms with Crippen LogP contribution in [0.15, 0.2) is 6.33 Å². The molecule has 0 aliphatic carbocycles. The summed E-state index contributed by atoms with van der Waals surface area (Å²) in [6, 6.07) is 0. The van der Waals surface area contributed by atoms with Crippen LogP contribution in [0.1, 0.15) is 35.1 Å². The summed E-state index contributed by atoms with van der Waals surface area (Å²) in [5.41, 5.74) is 0.250. The Morgan fingerprint density at radius 3 is 2.95 bits per heavy atom. The summed E-state index contributed by atoms with van der Waals surface area (Å²) in [5.74, 6) is 0.268. The Morgan fingerprint density at radius 1 is 1.42 bits per heavy atom. The molecule has 0 saturated carbocycles. The van der Waals surface area contributed by atoms with Crippen LogP contribution >= 0.6 is 0 Å². The molecule has 100 valence electrons. The van der Waals surface area contributed by atoms with E-state index in [1.807, 2.05) is 0 Å². The molecule has 0 spiro atoms. The second kappa shape index (κ2) is 4.81. The molecule has 8 nitrogen and oxygen atoms in total. The van der Waals surface area contributed by atoms with Crippen molar-refractivity contribution in [3.05, 3.63) is 17.8 Å². The van der Waals surface area contributed by atoms with Crippen molar-refractivity contribution in [2.24, 2.45) is 0 Å². The van der Waals surface area contributed by atoms with Crippen LogP contribution in [0.3, 0.4) is 0 Å². The van der Waals surface area contributed by atoms with Gasteiger partial charge in [-0.25, -0.2) is 14.8 Å². The van der Waals surface area contributed by atoms with Gasteiger partial charge in [0.15, 0.2) is 5.69 Å². The summed E-state index contributed by atoms with van der Waals surface area (Å²) < 4.78 is 5.29. The molecule has 0 aromatic carbocycles. The van der Waals surface area contributed by atoms with E-state index in [-0.39, 0.29) is 17.3 Å². The van der Waals surface area contributed by atoms with Gasteiger partial charge in [0, 0.05) is 19.1 Å². The number of aromatic amines is 2. The zero-order valence-corrected chi connectivity index (χ0v) is 10.1. The van der Waals surface area contributed by atoms with E-state index in [1.165, 1.54) is 6.33 Å². The number of aromatic nitrogens is 5. The number of carboxylic acid groups (broad SMARTS) is 1. The fourth-order valence-corrected chi connectivity index (χ4v) is 2.16. The molecule has 3 N–H and O–H groups in total. The first kappa shape index (κ1) is 11.8. The first-order valence-electron chi connectivity index (χ1n) is 6.03. The van der Waals surface area contributed by atoms with E-state index in [4.69, 9.17) is 9.84 Å². The number of carbonyl (C=O) groups is 1. The summed E-state index contributed by atoms with van der Waals surface area (Å²) >= 11 is 0. The van der Waals surface area contributed by atoms with Crippen molar-refractivity contribution >= 4 is 5.97 Å². The van der Waals surface area contributed by atoms with Crippen LogP contribution in [-0.2, 0) is 4.74 Å². The molecular weight excluding hydrogens is 250 g/mol. The summed E-state index contributed by atoms with van der Waals surface area (Å²) in [7, 11) is 0. The number of ether oxygens (including phenoxy) is 1. The van der Waals surface area contributed by atoms with Crippen molar-refractivity contribution in [2.75, 3.05) is 13.2 Å². The Morgan fingerprint density at radius 2 is 2.21 bits per heavy atom. The van der Waals surface area contributed by atoms with Gasteiger partial charge in [0.2, 0.25) is 5.82 Å². The Labute approximate surface area is 108 Å². The zero-order valence-electron chi connectivity index (χ0n) is 10.1. The topological polar surface area (TPSA) is 117 Å². The van der Waals surface area contributed by atoms with Crippen molar-refractivity contribution in [1.82, 2.24) is 25.1 Å². The highest BCUT2D eigenvalue weighted by molar-refractivity contribution is 5.91. The van der Waals surface area contributed by atoms with Crippen molar-refractivity contribution in [3.63, 3.8) is 0 Å². The van der Waals surface area contributed by atoms with Crippen molar-refractivity contribution in [2.45, 2.75) is 18.8 Å². The molecule has 0 radical (unpaired) electrons. The Bertz CT molecular complexity index is 585. The SMILES string of the molecule is O=C(O)c1[nH]cnc1-c1n[nH]c(C2CCOCC2)n1. The van der Waals surface area contributed by atoms with Crippen LogP contribution in [0.2, 0.25) is 0 Å². The van der Waals surface area contributed by atoms with Gasteiger partial charge in [-0.05, 0) is 12.8 Å². The van der Waals surface area contributed by atoms with E-state index in [0.717, 1.165) is 18.7 Å². The van der Waals surface area contributed by atoms with Gasteiger partial charge in [0.05, 0.1) is 6.33 Å². The minimum Gasteiger partial charge on any atom is -0.477 e. The quantitative estimate of drug-likeness (QED) is 0.753. The molecule has 3 rings (SSSR count). The Kier molecular flexibility index (Phi) is 3.00. The number of carboxylic acids is 1. The summed E-state index contributed by atoms with van der Waals surface area (Å²) in [6.07, 6.45) is 3.10. The lowest BCUT2D eigenvalue weighted by Gasteiger charge is -2.19. The normalized spacial score (nSPS) is 16.6. The van der Waals surface area contributed by atoms with Crippen molar-refractivity contribution < 1.29 is 14.6 Å². The molecule has 1 aliphatic rings. The highest BCUT2D eigenvalue weighted by atomic mass is 16.5. The van der Waals surface area contributed by atoms with Gasteiger partial charge in [-0.3, -0.25) is 5.10 Å². The molecule has 0 amide bonds. The summed E-state index contributed by atoms with van der Waals surface area (Å²) in [4.78, 5) is 21.9. The van der Waals surface area contributed by atoms with Crippen LogP contribution in [0.25, 0.3) is 11.5 Å². The summed E-state index contributed by atoms with van der Waals surface area (Å²) in [5, 5.41) is 15.9. The van der Waals surface area contributed by atoms with E-state index in [0.29, 0.717) is 19.0 Å². The largest absolute Gasteiger partial charge is 0.477 e. The lowest BCUT2D eigenvalue weighted by atomic mass is 10.00. The van der Waals surface area contributed by atoms with Gasteiger partial charge < -0.3 is 14.8 Å². The minimum atomic E-state index is -1.08. The number of rotatable bonds is 3. The molecule has 2 aromatic rings. The van der Waals surface area contributed by atoms with Gasteiger partial charge in [-0.15, -0.1) is 0 Å². The second-order valence-corrected chi connectivity index (χ2v) is 4.36. The van der Waals surface area contributed by atoms with Crippen LogP contribution in [0.5, 0.6) is 0 Å². The molecule has 0 atom stereocenters. The maximum atomic E-state index is 11.0. The monoisotopic (exact) mass is 263 g/mol. The number of H-pyrrole nitrogens is 2. The number of aromatic carboxylic acids is 1. The van der Waals surface area contributed by atoms with Gasteiger partial charge in [-0.1, -0.05) is 0 Å². The number of hydrogen-bond acceptors (Lipinski definition) is 5. The fraction of sp³-hybridized carbons (Fsp3) is 0.455. The molecule has 19 heavy (non-hydrogen) atoms. The Balaban J connectivity index is 1.88. The maximum absolute atomic E-state index is 11.0. The third-order valence-electron chi connectivity index (χ3n) is 3.18. The summed E-state index contributed by atoms with van der Waals surface area (Å²) in [6.45, 7) is 1.42. The molecule has 2 aromatic heterocycles. The van der Waals surface area contributed by atoms with Gasteiger partial charge in [0.25, 0.3) is 0 Å². The van der Waals surface area contributed by atoms with Crippen LogP contribution in [0, 0.1) is 0 Å². The third kappa shape index (κ3) is 2.22. The number of imidazole rings is 1. The predicted molar refractivity (Wildman–Crippen MR) is 63.7 cm³/mol. The van der Waals surface area contributed by atoms with Gasteiger partial charge in [-0.2, -0.15) is 5.10 Å². The van der Waals surface area contributed by atoms with Gasteiger partial charge in [0.1, 0.15) is 11.5 Å². The van der Waals surface area contributed by atoms with Crippen LogP contribution in [0.4, 0.5) is 0 Å².